The van der Waals surface area contributed by atoms with E-state index in [2.05, 4.69) is 10.4 Å². The molecule has 1 aromatic heterocycles. The number of nitrogens with zero attached hydrogens (tertiary/aromatic N) is 1. The molecule has 1 heterocycles. The van der Waals surface area contributed by atoms with E-state index in [1.807, 2.05) is 26.0 Å². The Kier molecular flexibility index (Phi) is 4.88. The Hall–Kier alpha value is -1.56. The molecule has 0 fully saturated rings. The summed E-state index contributed by atoms with van der Waals surface area (Å²) in [6.07, 6.45) is -0.311. The van der Waals surface area contributed by atoms with E-state index in [1.54, 1.807) is 6.07 Å². The molecule has 5 nitrogen and oxygen atoms in total. The fourth-order valence-electron chi connectivity index (χ4n) is 1.96. The molecule has 1 atom stereocenters. The van der Waals surface area contributed by atoms with Crippen LogP contribution in [0.2, 0.25) is 10.0 Å². The molecule has 0 saturated carbocycles. The molecule has 7 heteroatoms. The minimum atomic E-state index is -0.751. The summed E-state index contributed by atoms with van der Waals surface area (Å²) < 4.78 is 5.73. The van der Waals surface area contributed by atoms with Gasteiger partial charge >= 0.3 is 0 Å². The lowest BCUT2D eigenvalue weighted by Gasteiger charge is -2.18. The second-order valence-corrected chi connectivity index (χ2v) is 5.36. The minimum Gasteiger partial charge on any atom is -0.477 e. The van der Waals surface area contributed by atoms with Crippen LogP contribution in [0.3, 0.4) is 0 Å². The summed E-state index contributed by atoms with van der Waals surface area (Å²) in [6, 6.07) is 5.26. The van der Waals surface area contributed by atoms with Crippen molar-refractivity contribution in [1.82, 2.24) is 10.4 Å². The lowest BCUT2D eigenvalue weighted by Crippen LogP contribution is -2.41. The third-order valence-corrected chi connectivity index (χ3v) is 3.64. The third-order valence-electron chi connectivity index (χ3n) is 3.04. The van der Waals surface area contributed by atoms with E-state index >= 15 is 0 Å². The molecule has 0 aliphatic rings. The van der Waals surface area contributed by atoms with Crippen LogP contribution in [0.4, 0.5) is 0 Å². The van der Waals surface area contributed by atoms with Crippen molar-refractivity contribution in [2.24, 2.45) is 5.84 Å². The van der Waals surface area contributed by atoms with Crippen LogP contribution in [0.5, 0.6) is 5.75 Å². The molecule has 2 rings (SSSR count). The van der Waals surface area contributed by atoms with Crippen LogP contribution in [0.1, 0.15) is 19.0 Å². The molecule has 0 bridgehead atoms. The maximum absolute atomic E-state index is 11.7. The fourth-order valence-corrected chi connectivity index (χ4v) is 2.52. The maximum Gasteiger partial charge on any atom is 0.274 e. The van der Waals surface area contributed by atoms with Gasteiger partial charge in [-0.2, -0.15) is 0 Å². The number of carbonyl (C=O) groups excluding carboxylic acids is 1. The number of aromatic nitrogens is 1. The molecule has 3 N–H and O–H groups in total. The van der Waals surface area contributed by atoms with Crippen LogP contribution in [0.25, 0.3) is 10.9 Å². The molecule has 0 radical (unpaired) electrons. The van der Waals surface area contributed by atoms with Crippen LogP contribution in [0.15, 0.2) is 18.2 Å². The number of hydrogen-bond acceptors (Lipinski definition) is 4. The van der Waals surface area contributed by atoms with Gasteiger partial charge in [-0.3, -0.25) is 10.2 Å². The van der Waals surface area contributed by atoms with E-state index in [1.165, 1.54) is 0 Å². The summed E-state index contributed by atoms with van der Waals surface area (Å²) in [5.74, 6) is 5.05. The summed E-state index contributed by atoms with van der Waals surface area (Å²) >= 11 is 12.4. The number of benzene rings is 1. The first-order valence-corrected chi connectivity index (χ1v) is 7.16. The zero-order chi connectivity index (χ0) is 15.6. The highest BCUT2D eigenvalue weighted by Gasteiger charge is 2.21. The zero-order valence-corrected chi connectivity index (χ0v) is 13.1. The smallest absolute Gasteiger partial charge is 0.274 e. The maximum atomic E-state index is 11.7. The van der Waals surface area contributed by atoms with Crippen LogP contribution in [-0.2, 0) is 4.79 Å². The van der Waals surface area contributed by atoms with E-state index in [0.29, 0.717) is 33.1 Å². The van der Waals surface area contributed by atoms with E-state index in [0.717, 1.165) is 5.69 Å². The average Bonchev–Trinajstić information content (AvgIpc) is 2.46. The summed E-state index contributed by atoms with van der Waals surface area (Å²) in [5, 5.41) is 1.49. The first-order valence-electron chi connectivity index (χ1n) is 6.40. The number of pyridine rings is 1. The first-order chi connectivity index (χ1) is 9.97. The first kappa shape index (κ1) is 15.8. The Morgan fingerprint density at radius 3 is 2.76 bits per heavy atom. The summed E-state index contributed by atoms with van der Waals surface area (Å²) in [4.78, 5) is 16.1. The molecular weight excluding hydrogens is 313 g/mol. The van der Waals surface area contributed by atoms with Crippen LogP contribution < -0.4 is 16.0 Å². The van der Waals surface area contributed by atoms with Gasteiger partial charge in [0.05, 0.1) is 10.0 Å². The molecule has 0 aliphatic carbocycles. The molecular formula is C14H15Cl2N3O2. The van der Waals surface area contributed by atoms with Crippen molar-refractivity contribution in [2.45, 2.75) is 26.4 Å². The van der Waals surface area contributed by atoms with Gasteiger partial charge in [0, 0.05) is 11.1 Å². The van der Waals surface area contributed by atoms with Crippen molar-refractivity contribution >= 4 is 40.0 Å². The molecule has 0 saturated heterocycles. The highest BCUT2D eigenvalue weighted by molar-refractivity contribution is 6.39. The summed E-state index contributed by atoms with van der Waals surface area (Å²) in [5.41, 5.74) is 3.39. The number of nitrogens with one attached hydrogen (secondary N) is 1. The number of carbonyl (C=O) groups is 1. The summed E-state index contributed by atoms with van der Waals surface area (Å²) in [7, 11) is 0. The van der Waals surface area contributed by atoms with Gasteiger partial charge < -0.3 is 4.74 Å². The van der Waals surface area contributed by atoms with Crippen molar-refractivity contribution < 1.29 is 9.53 Å². The van der Waals surface area contributed by atoms with E-state index < -0.39 is 12.0 Å². The molecule has 21 heavy (non-hydrogen) atoms. The minimum absolute atomic E-state index is 0.300. The number of fused-ring (bicyclic) bond motifs is 1. The van der Waals surface area contributed by atoms with Gasteiger partial charge in [-0.25, -0.2) is 10.8 Å². The quantitative estimate of drug-likeness (QED) is 0.514. The highest BCUT2D eigenvalue weighted by atomic mass is 35.5. The Bertz CT molecular complexity index is 691. The fraction of sp³-hybridized carbons (Fsp3) is 0.286. The second-order valence-electron chi connectivity index (χ2n) is 4.54. The molecule has 1 unspecified atom stereocenters. The molecule has 0 spiro atoms. The Morgan fingerprint density at radius 1 is 1.43 bits per heavy atom. The van der Waals surface area contributed by atoms with Gasteiger partial charge in [-0.05, 0) is 31.5 Å². The van der Waals surface area contributed by atoms with Crippen LogP contribution in [-0.4, -0.2) is 17.0 Å². The predicted octanol–water partition coefficient (Wildman–Crippen LogP) is 3.00. The lowest BCUT2D eigenvalue weighted by molar-refractivity contribution is -0.128. The Morgan fingerprint density at radius 2 is 2.14 bits per heavy atom. The lowest BCUT2D eigenvalue weighted by atomic mass is 10.1. The van der Waals surface area contributed by atoms with Gasteiger partial charge in [0.15, 0.2) is 11.9 Å². The van der Waals surface area contributed by atoms with Gasteiger partial charge in [-0.15, -0.1) is 0 Å². The standard InChI is InChI=1S/C14H15Cl2N3O2/c1-3-11(14(20)19-17)21-13-10(16)6-9(15)8-5-4-7(2)18-12(8)13/h4-6,11H,3,17H2,1-2H3,(H,19,20). The van der Waals surface area contributed by atoms with Crippen molar-refractivity contribution in [2.75, 3.05) is 0 Å². The van der Waals surface area contributed by atoms with Crippen molar-refractivity contribution in [3.05, 3.63) is 33.9 Å². The number of halogens is 2. The molecule has 112 valence electrons. The topological polar surface area (TPSA) is 77.2 Å². The second kappa shape index (κ2) is 6.47. The Balaban J connectivity index is 2.57. The normalized spacial score (nSPS) is 12.2. The number of hydrogen-bond donors (Lipinski definition) is 2. The Labute approximate surface area is 132 Å². The zero-order valence-electron chi connectivity index (χ0n) is 11.6. The van der Waals surface area contributed by atoms with Gasteiger partial charge in [0.25, 0.3) is 5.91 Å². The highest BCUT2D eigenvalue weighted by Crippen LogP contribution is 2.38. The van der Waals surface area contributed by atoms with Crippen LogP contribution >= 0.6 is 23.2 Å². The third kappa shape index (κ3) is 3.20. The molecule has 1 amide bonds. The number of hydrazine groups is 1. The largest absolute Gasteiger partial charge is 0.477 e. The van der Waals surface area contributed by atoms with Gasteiger partial charge in [0.1, 0.15) is 5.52 Å². The number of nitrogens with two attached hydrogens (primary N) is 1. The number of ether oxygens (including phenoxy) is 1. The van der Waals surface area contributed by atoms with Gasteiger partial charge in [-0.1, -0.05) is 30.1 Å². The van der Waals surface area contributed by atoms with E-state index in [-0.39, 0.29) is 0 Å². The SMILES string of the molecule is CCC(Oc1c(Cl)cc(Cl)c2ccc(C)nc12)C(=O)NN. The van der Waals surface area contributed by atoms with Crippen LogP contribution in [0, 0.1) is 6.92 Å². The predicted molar refractivity (Wildman–Crippen MR) is 83.5 cm³/mol. The number of amides is 1. The van der Waals surface area contributed by atoms with E-state index in [4.69, 9.17) is 33.8 Å². The number of rotatable bonds is 4. The molecule has 2 aromatic rings. The average molecular weight is 328 g/mol. The van der Waals surface area contributed by atoms with Crippen molar-refractivity contribution in [1.29, 1.82) is 0 Å². The van der Waals surface area contributed by atoms with Crippen molar-refractivity contribution in [3.63, 3.8) is 0 Å². The molecule has 0 aliphatic heterocycles. The molecule has 1 aromatic carbocycles. The van der Waals surface area contributed by atoms with Gasteiger partial charge in [0.2, 0.25) is 0 Å². The number of aryl methyl sites for hydroxylation is 1. The van der Waals surface area contributed by atoms with E-state index in [9.17, 15) is 4.79 Å². The monoisotopic (exact) mass is 327 g/mol. The summed E-state index contributed by atoms with van der Waals surface area (Å²) in [6.45, 7) is 3.66. The van der Waals surface area contributed by atoms with Crippen molar-refractivity contribution in [3.8, 4) is 5.75 Å².